The summed E-state index contributed by atoms with van der Waals surface area (Å²) in [7, 11) is -3.92. The van der Waals surface area contributed by atoms with Gasteiger partial charge in [-0.1, -0.05) is 47.5 Å². The molecule has 1 N–H and O–H groups in total. The van der Waals surface area contributed by atoms with E-state index in [1.165, 1.54) is 16.4 Å². The molecule has 4 rings (SSSR count). The van der Waals surface area contributed by atoms with Gasteiger partial charge in [-0.15, -0.1) is 0 Å². The molecule has 1 saturated heterocycles. The van der Waals surface area contributed by atoms with E-state index in [0.29, 0.717) is 32.3 Å². The standard InChI is InChI=1S/C31H39ClN2O4S/c1-21-15-22(2)31(23(3)16-21)39(36,37)34(20-27-10-13-29(35)17-30(27)32)28-11-8-26(9-12-28)7-6-14-33-18-24(4)38-25(5)19-33/h8-13,15-17,24-25,35H,6-7,14,18-20H2,1-5H3. The first-order valence-electron chi connectivity index (χ1n) is 13.5. The molecule has 0 radical (unpaired) electrons. The summed E-state index contributed by atoms with van der Waals surface area (Å²) in [5.74, 6) is 0.0359. The maximum absolute atomic E-state index is 14.2. The van der Waals surface area contributed by atoms with Crippen molar-refractivity contribution in [1.82, 2.24) is 4.90 Å². The Morgan fingerprint density at radius 2 is 1.59 bits per heavy atom. The number of benzene rings is 3. The van der Waals surface area contributed by atoms with E-state index in [-0.39, 0.29) is 24.5 Å². The highest BCUT2D eigenvalue weighted by atomic mass is 35.5. The first kappa shape index (κ1) is 29.4. The fourth-order valence-corrected chi connectivity index (χ4v) is 7.72. The fourth-order valence-electron chi connectivity index (χ4n) is 5.62. The molecule has 0 aromatic heterocycles. The van der Waals surface area contributed by atoms with Crippen molar-refractivity contribution in [3.8, 4) is 5.75 Å². The van der Waals surface area contributed by atoms with Crippen molar-refractivity contribution in [2.24, 2.45) is 0 Å². The third-order valence-corrected chi connectivity index (χ3v) is 9.59. The molecule has 6 nitrogen and oxygen atoms in total. The number of hydrogen-bond acceptors (Lipinski definition) is 5. The molecule has 0 saturated carbocycles. The Labute approximate surface area is 238 Å². The summed E-state index contributed by atoms with van der Waals surface area (Å²) in [5.41, 5.74) is 4.77. The van der Waals surface area contributed by atoms with Gasteiger partial charge in [0, 0.05) is 18.1 Å². The zero-order valence-corrected chi connectivity index (χ0v) is 25.0. The van der Waals surface area contributed by atoms with Crippen molar-refractivity contribution in [3.05, 3.63) is 87.4 Å². The lowest BCUT2D eigenvalue weighted by molar-refractivity contribution is -0.0680. The number of nitrogens with zero attached hydrogens (tertiary/aromatic N) is 2. The summed E-state index contributed by atoms with van der Waals surface area (Å²) < 4.78 is 35.6. The van der Waals surface area contributed by atoms with Crippen LogP contribution in [0.4, 0.5) is 5.69 Å². The van der Waals surface area contributed by atoms with Gasteiger partial charge in [0.15, 0.2) is 0 Å². The minimum Gasteiger partial charge on any atom is -0.508 e. The predicted octanol–water partition coefficient (Wildman–Crippen LogP) is 6.41. The smallest absolute Gasteiger partial charge is 0.265 e. The molecule has 2 unspecified atom stereocenters. The topological polar surface area (TPSA) is 70.1 Å². The van der Waals surface area contributed by atoms with Gasteiger partial charge in [0.1, 0.15) is 5.75 Å². The van der Waals surface area contributed by atoms with E-state index >= 15 is 0 Å². The second-order valence-corrected chi connectivity index (χ2v) is 13.0. The highest BCUT2D eigenvalue weighted by molar-refractivity contribution is 7.92. The third-order valence-electron chi connectivity index (χ3n) is 7.16. The number of anilines is 1. The van der Waals surface area contributed by atoms with E-state index in [9.17, 15) is 13.5 Å². The van der Waals surface area contributed by atoms with Crippen LogP contribution in [0.3, 0.4) is 0 Å². The Bertz CT molecular complexity index is 1380. The van der Waals surface area contributed by atoms with Crippen LogP contribution in [0.15, 0.2) is 59.5 Å². The molecule has 2 atom stereocenters. The number of ether oxygens (including phenoxy) is 1. The normalized spacial score (nSPS) is 18.3. The van der Waals surface area contributed by atoms with Crippen LogP contribution in [-0.2, 0) is 27.7 Å². The summed E-state index contributed by atoms with van der Waals surface area (Å²) in [4.78, 5) is 2.76. The number of rotatable bonds is 9. The summed E-state index contributed by atoms with van der Waals surface area (Å²) in [6, 6.07) is 16.2. The van der Waals surface area contributed by atoms with E-state index in [1.807, 2.05) is 57.2 Å². The number of aromatic hydroxyl groups is 1. The van der Waals surface area contributed by atoms with E-state index < -0.39 is 10.0 Å². The highest BCUT2D eigenvalue weighted by Crippen LogP contribution is 2.33. The number of sulfonamides is 1. The van der Waals surface area contributed by atoms with Crippen molar-refractivity contribution >= 4 is 27.3 Å². The molecule has 1 aliphatic heterocycles. The van der Waals surface area contributed by atoms with Gasteiger partial charge in [-0.05, 0) is 101 Å². The minimum absolute atomic E-state index is 0.0359. The molecule has 39 heavy (non-hydrogen) atoms. The second kappa shape index (κ2) is 12.3. The zero-order chi connectivity index (χ0) is 28.3. The fraction of sp³-hybridized carbons (Fsp3) is 0.419. The molecule has 1 fully saturated rings. The number of morpholine rings is 1. The van der Waals surface area contributed by atoms with Gasteiger partial charge < -0.3 is 9.84 Å². The van der Waals surface area contributed by atoms with Crippen molar-refractivity contribution in [3.63, 3.8) is 0 Å². The van der Waals surface area contributed by atoms with Gasteiger partial charge in [0.2, 0.25) is 0 Å². The monoisotopic (exact) mass is 570 g/mol. The lowest BCUT2D eigenvalue weighted by atomic mass is 10.1. The zero-order valence-electron chi connectivity index (χ0n) is 23.4. The number of phenolic OH excluding ortho intramolecular Hbond substituents is 1. The molecular weight excluding hydrogens is 532 g/mol. The third kappa shape index (κ3) is 7.14. The van der Waals surface area contributed by atoms with Gasteiger partial charge in [0.05, 0.1) is 29.3 Å². The average Bonchev–Trinajstić information content (AvgIpc) is 2.82. The summed E-state index contributed by atoms with van der Waals surface area (Å²) in [6.07, 6.45) is 2.44. The molecule has 1 heterocycles. The quantitative estimate of drug-likeness (QED) is 0.322. The van der Waals surface area contributed by atoms with Gasteiger partial charge >= 0.3 is 0 Å². The Morgan fingerprint density at radius 1 is 0.974 bits per heavy atom. The largest absolute Gasteiger partial charge is 0.508 e. The van der Waals surface area contributed by atoms with Crippen LogP contribution in [0.25, 0.3) is 0 Å². The molecule has 0 aliphatic carbocycles. The summed E-state index contributed by atoms with van der Waals surface area (Å²) in [5, 5.41) is 10.1. The van der Waals surface area contributed by atoms with Gasteiger partial charge in [-0.25, -0.2) is 8.42 Å². The van der Waals surface area contributed by atoms with Crippen molar-refractivity contribution in [2.45, 2.75) is 71.1 Å². The van der Waals surface area contributed by atoms with Crippen LogP contribution >= 0.6 is 11.6 Å². The average molecular weight is 571 g/mol. The summed E-state index contributed by atoms with van der Waals surface area (Å²) >= 11 is 6.41. The second-order valence-electron chi connectivity index (χ2n) is 10.8. The van der Waals surface area contributed by atoms with Crippen LogP contribution < -0.4 is 4.31 Å². The lowest BCUT2D eigenvalue weighted by Crippen LogP contribution is -2.45. The van der Waals surface area contributed by atoms with Crippen LogP contribution in [-0.4, -0.2) is 50.3 Å². The Hall–Kier alpha value is -2.58. The SMILES string of the molecule is Cc1cc(C)c(S(=O)(=O)N(Cc2ccc(O)cc2Cl)c2ccc(CCCN3CC(C)OC(C)C3)cc2)c(C)c1. The van der Waals surface area contributed by atoms with Crippen LogP contribution in [0.1, 0.15) is 48.1 Å². The van der Waals surface area contributed by atoms with Crippen LogP contribution in [0, 0.1) is 20.8 Å². The van der Waals surface area contributed by atoms with Gasteiger partial charge in [-0.2, -0.15) is 0 Å². The highest BCUT2D eigenvalue weighted by Gasteiger charge is 2.29. The number of aryl methyl sites for hydroxylation is 4. The van der Waals surface area contributed by atoms with Crippen LogP contribution in [0.5, 0.6) is 5.75 Å². The van der Waals surface area contributed by atoms with Crippen molar-refractivity contribution in [1.29, 1.82) is 0 Å². The molecule has 8 heteroatoms. The maximum atomic E-state index is 14.2. The van der Waals surface area contributed by atoms with Gasteiger partial charge in [-0.3, -0.25) is 9.21 Å². The molecule has 3 aromatic rings. The van der Waals surface area contributed by atoms with E-state index in [2.05, 4.69) is 18.7 Å². The first-order valence-corrected chi connectivity index (χ1v) is 15.3. The molecule has 0 amide bonds. The molecule has 0 spiro atoms. The first-order chi connectivity index (χ1) is 18.4. The molecular formula is C31H39ClN2O4S. The number of phenols is 1. The van der Waals surface area contributed by atoms with Crippen molar-refractivity contribution in [2.75, 3.05) is 23.9 Å². The van der Waals surface area contributed by atoms with E-state index in [4.69, 9.17) is 16.3 Å². The van der Waals surface area contributed by atoms with Crippen molar-refractivity contribution < 1.29 is 18.3 Å². The number of halogens is 1. The Morgan fingerprint density at radius 3 is 2.18 bits per heavy atom. The van der Waals surface area contributed by atoms with E-state index in [0.717, 1.165) is 43.6 Å². The van der Waals surface area contributed by atoms with E-state index in [1.54, 1.807) is 6.07 Å². The maximum Gasteiger partial charge on any atom is 0.265 e. The summed E-state index contributed by atoms with van der Waals surface area (Å²) in [6.45, 7) is 12.8. The Kier molecular flexibility index (Phi) is 9.27. The Balaban J connectivity index is 1.59. The predicted molar refractivity (Wildman–Crippen MR) is 158 cm³/mol. The van der Waals surface area contributed by atoms with Crippen LogP contribution in [0.2, 0.25) is 5.02 Å². The number of hydrogen-bond donors (Lipinski definition) is 1. The molecule has 210 valence electrons. The lowest BCUT2D eigenvalue weighted by Gasteiger charge is -2.35. The minimum atomic E-state index is -3.92. The molecule has 1 aliphatic rings. The van der Waals surface area contributed by atoms with Gasteiger partial charge in [0.25, 0.3) is 10.0 Å². The molecule has 3 aromatic carbocycles. The molecule has 0 bridgehead atoms.